The molecule has 4 saturated carbocycles. The van der Waals surface area contributed by atoms with Gasteiger partial charge >= 0.3 is 0 Å². The first-order valence-electron chi connectivity index (χ1n) is 11.2. The van der Waals surface area contributed by atoms with E-state index in [0.717, 1.165) is 44.3 Å². The van der Waals surface area contributed by atoms with Gasteiger partial charge in [-0.1, -0.05) is 40.2 Å². The molecular weight excluding hydrogens is 412 g/mol. The van der Waals surface area contributed by atoms with E-state index in [9.17, 15) is 4.79 Å². The van der Waals surface area contributed by atoms with Crippen LogP contribution in [0.1, 0.15) is 63.0 Å². The van der Waals surface area contributed by atoms with Crippen molar-refractivity contribution in [3.63, 3.8) is 0 Å². The highest BCUT2D eigenvalue weighted by Gasteiger charge is 2.57. The summed E-state index contributed by atoms with van der Waals surface area (Å²) >= 11 is 4.07. The van der Waals surface area contributed by atoms with Gasteiger partial charge in [-0.15, -0.1) is 0 Å². The predicted molar refractivity (Wildman–Crippen MR) is 116 cm³/mol. The largest absolute Gasteiger partial charge is 0.355 e. The van der Waals surface area contributed by atoms with Crippen LogP contribution in [0.15, 0.2) is 24.3 Å². The molecule has 0 unspecified atom stereocenters. The minimum atomic E-state index is 0.269. The molecule has 1 heterocycles. The SMILES string of the molecule is C[C@@H](CNC(=O)CC12C[C@H]3C[C@@H](CC(Br)(C3)C1)C2)N1CCc2ccccc2C1. The first kappa shape index (κ1) is 19.1. The van der Waals surface area contributed by atoms with Gasteiger partial charge in [0.2, 0.25) is 5.91 Å². The maximum absolute atomic E-state index is 12.9. The molecule has 0 aromatic heterocycles. The number of hydrogen-bond donors (Lipinski definition) is 1. The van der Waals surface area contributed by atoms with Crippen LogP contribution in [0.5, 0.6) is 0 Å². The summed E-state index contributed by atoms with van der Waals surface area (Å²) in [6.45, 7) is 5.12. The highest BCUT2D eigenvalue weighted by molar-refractivity contribution is 9.10. The summed E-state index contributed by atoms with van der Waals surface area (Å²) in [4.78, 5) is 15.4. The van der Waals surface area contributed by atoms with E-state index in [1.807, 2.05) is 0 Å². The summed E-state index contributed by atoms with van der Waals surface area (Å²) < 4.78 is 0.339. The van der Waals surface area contributed by atoms with E-state index >= 15 is 0 Å². The number of carbonyl (C=O) groups excluding carboxylic acids is 1. The Kier molecular flexibility index (Phi) is 4.86. The molecule has 4 fully saturated rings. The number of nitrogens with one attached hydrogen (secondary N) is 1. The summed E-state index contributed by atoms with van der Waals surface area (Å²) in [7, 11) is 0. The number of alkyl halides is 1. The first-order chi connectivity index (χ1) is 13.4. The smallest absolute Gasteiger partial charge is 0.220 e. The van der Waals surface area contributed by atoms with Crippen LogP contribution in [-0.4, -0.2) is 34.3 Å². The second-order valence-corrected chi connectivity index (χ2v) is 12.1. The maximum Gasteiger partial charge on any atom is 0.220 e. The van der Waals surface area contributed by atoms with Crippen LogP contribution in [0.25, 0.3) is 0 Å². The van der Waals surface area contributed by atoms with Gasteiger partial charge in [-0.25, -0.2) is 0 Å². The van der Waals surface area contributed by atoms with Gasteiger partial charge in [-0.05, 0) is 80.2 Å². The lowest BCUT2D eigenvalue weighted by Gasteiger charge is -2.60. The number of carbonyl (C=O) groups is 1. The summed E-state index contributed by atoms with van der Waals surface area (Å²) in [5, 5.41) is 3.30. The van der Waals surface area contributed by atoms with Crippen LogP contribution >= 0.6 is 15.9 Å². The number of amides is 1. The Morgan fingerprint density at radius 1 is 1.21 bits per heavy atom. The molecule has 1 N–H and O–H groups in total. The second-order valence-electron chi connectivity index (χ2n) is 10.4. The Morgan fingerprint density at radius 2 is 1.93 bits per heavy atom. The third-order valence-electron chi connectivity index (χ3n) is 8.02. The molecule has 28 heavy (non-hydrogen) atoms. The number of fused-ring (bicyclic) bond motifs is 1. The van der Waals surface area contributed by atoms with Gasteiger partial charge in [0.1, 0.15) is 0 Å². The molecule has 4 heteroatoms. The predicted octanol–water partition coefficient (Wildman–Crippen LogP) is 4.67. The Bertz CT molecular complexity index is 749. The summed E-state index contributed by atoms with van der Waals surface area (Å²) in [5.74, 6) is 1.98. The molecule has 1 aromatic carbocycles. The molecule has 0 radical (unpaired) electrons. The first-order valence-corrected chi connectivity index (χ1v) is 12.0. The Hall–Kier alpha value is -0.870. The number of benzene rings is 1. The summed E-state index contributed by atoms with van der Waals surface area (Å²) in [6.07, 6.45) is 9.70. The molecule has 1 aliphatic heterocycles. The molecule has 3 atom stereocenters. The fraction of sp³-hybridized carbons (Fsp3) is 0.708. The van der Waals surface area contributed by atoms with Crippen molar-refractivity contribution in [3.05, 3.63) is 35.4 Å². The molecule has 0 spiro atoms. The molecule has 4 aliphatic carbocycles. The van der Waals surface area contributed by atoms with Gasteiger partial charge in [-0.3, -0.25) is 9.69 Å². The molecular formula is C24H33BrN2O. The van der Waals surface area contributed by atoms with Gasteiger partial charge in [0, 0.05) is 36.4 Å². The van der Waals surface area contributed by atoms with Crippen molar-refractivity contribution in [3.8, 4) is 0 Å². The van der Waals surface area contributed by atoms with Crippen LogP contribution < -0.4 is 5.32 Å². The topological polar surface area (TPSA) is 32.3 Å². The Labute approximate surface area is 177 Å². The highest BCUT2D eigenvalue weighted by Crippen LogP contribution is 2.65. The standard InChI is InChI=1S/C24H33BrN2O/c1-17(27-7-6-20-4-2-3-5-21(20)15-27)14-26-22(28)13-23-9-18-8-19(10-23)12-24(25,11-18)16-23/h2-5,17-19H,6-16H2,1H3,(H,26,28)/t17-,18+,19+,23?,24?/m0/s1. The minimum Gasteiger partial charge on any atom is -0.355 e. The van der Waals surface area contributed by atoms with E-state index in [4.69, 9.17) is 0 Å². The van der Waals surface area contributed by atoms with Crippen molar-refractivity contribution < 1.29 is 4.79 Å². The molecule has 6 rings (SSSR count). The van der Waals surface area contributed by atoms with E-state index in [2.05, 4.69) is 57.3 Å². The summed E-state index contributed by atoms with van der Waals surface area (Å²) in [6, 6.07) is 9.16. The average Bonchev–Trinajstić information content (AvgIpc) is 2.63. The van der Waals surface area contributed by atoms with Gasteiger partial charge in [0.05, 0.1) is 0 Å². The minimum absolute atomic E-state index is 0.269. The number of rotatable bonds is 5. The Balaban J connectivity index is 1.15. The molecule has 5 aliphatic rings. The molecule has 0 saturated heterocycles. The van der Waals surface area contributed by atoms with Gasteiger partial charge in [0.25, 0.3) is 0 Å². The highest BCUT2D eigenvalue weighted by atomic mass is 79.9. The average molecular weight is 445 g/mol. The summed E-state index contributed by atoms with van der Waals surface area (Å²) in [5.41, 5.74) is 3.20. The number of nitrogens with zero attached hydrogens (tertiary/aromatic N) is 1. The zero-order valence-corrected chi connectivity index (χ0v) is 18.6. The van der Waals surface area contributed by atoms with Gasteiger partial charge in [-0.2, -0.15) is 0 Å². The van der Waals surface area contributed by atoms with Crippen LogP contribution in [0, 0.1) is 17.3 Å². The third kappa shape index (κ3) is 3.67. The molecule has 1 amide bonds. The molecule has 152 valence electrons. The van der Waals surface area contributed by atoms with E-state index in [0.29, 0.717) is 10.4 Å². The van der Waals surface area contributed by atoms with Crippen molar-refractivity contribution in [1.29, 1.82) is 0 Å². The van der Waals surface area contributed by atoms with Gasteiger partial charge in [0.15, 0.2) is 0 Å². The monoisotopic (exact) mass is 444 g/mol. The van der Waals surface area contributed by atoms with Crippen LogP contribution in [0.4, 0.5) is 0 Å². The van der Waals surface area contributed by atoms with Crippen LogP contribution in [0.2, 0.25) is 0 Å². The third-order valence-corrected chi connectivity index (χ3v) is 8.95. The van der Waals surface area contributed by atoms with Crippen molar-refractivity contribution in [2.45, 2.75) is 75.2 Å². The normalized spacial score (nSPS) is 37.5. The fourth-order valence-corrected chi connectivity index (χ4v) is 8.74. The van der Waals surface area contributed by atoms with Crippen molar-refractivity contribution >= 4 is 21.8 Å². The van der Waals surface area contributed by atoms with Gasteiger partial charge < -0.3 is 5.32 Å². The zero-order chi connectivity index (χ0) is 19.4. The molecule has 1 aromatic rings. The fourth-order valence-electron chi connectivity index (χ4n) is 7.23. The lowest BCUT2D eigenvalue weighted by Crippen LogP contribution is -2.54. The van der Waals surface area contributed by atoms with E-state index in [-0.39, 0.29) is 11.3 Å². The molecule has 4 bridgehead atoms. The van der Waals surface area contributed by atoms with Crippen molar-refractivity contribution in [2.24, 2.45) is 17.3 Å². The quantitative estimate of drug-likeness (QED) is 0.668. The number of halogens is 1. The number of hydrogen-bond acceptors (Lipinski definition) is 2. The van der Waals surface area contributed by atoms with Crippen LogP contribution in [0.3, 0.4) is 0 Å². The lowest BCUT2D eigenvalue weighted by atomic mass is 9.48. The van der Waals surface area contributed by atoms with Crippen molar-refractivity contribution in [2.75, 3.05) is 13.1 Å². The maximum atomic E-state index is 12.9. The van der Waals surface area contributed by atoms with Crippen LogP contribution in [-0.2, 0) is 17.8 Å². The zero-order valence-electron chi connectivity index (χ0n) is 17.1. The van der Waals surface area contributed by atoms with E-state index < -0.39 is 0 Å². The van der Waals surface area contributed by atoms with E-state index in [1.54, 1.807) is 0 Å². The lowest BCUT2D eigenvalue weighted by molar-refractivity contribution is -0.128. The Morgan fingerprint density at radius 3 is 2.64 bits per heavy atom. The second kappa shape index (κ2) is 7.12. The van der Waals surface area contributed by atoms with Crippen molar-refractivity contribution in [1.82, 2.24) is 10.2 Å². The van der Waals surface area contributed by atoms with E-state index in [1.165, 1.54) is 49.7 Å². The molecule has 3 nitrogen and oxygen atoms in total.